The van der Waals surface area contributed by atoms with Crippen LogP contribution in [0.4, 0.5) is 0 Å². The molecule has 8 heteroatoms. The van der Waals surface area contributed by atoms with Crippen LogP contribution in [0.25, 0.3) is 22.3 Å². The van der Waals surface area contributed by atoms with E-state index in [4.69, 9.17) is 36.0 Å². The second-order valence-corrected chi connectivity index (χ2v) is 5.99. The van der Waals surface area contributed by atoms with E-state index in [1.807, 2.05) is 0 Å². The average molecular weight is 390 g/mol. The fourth-order valence-corrected chi connectivity index (χ4v) is 2.76. The number of halogens is 1. The summed E-state index contributed by atoms with van der Waals surface area (Å²) in [5.41, 5.74) is 5.50. The van der Waals surface area contributed by atoms with Crippen LogP contribution in [-0.2, 0) is 4.79 Å². The van der Waals surface area contributed by atoms with Crippen LogP contribution in [0.15, 0.2) is 45.6 Å². The van der Waals surface area contributed by atoms with E-state index >= 15 is 0 Å². The zero-order valence-corrected chi connectivity index (χ0v) is 15.3. The molecule has 0 spiro atoms. The molecule has 0 atom stereocenters. The van der Waals surface area contributed by atoms with E-state index in [1.165, 1.54) is 20.3 Å². The molecule has 140 valence electrons. The highest BCUT2D eigenvalue weighted by molar-refractivity contribution is 6.31. The number of benzene rings is 2. The van der Waals surface area contributed by atoms with Gasteiger partial charge in [0.2, 0.25) is 11.2 Å². The molecule has 2 aromatic carbocycles. The van der Waals surface area contributed by atoms with Gasteiger partial charge in [-0.3, -0.25) is 9.59 Å². The number of rotatable bonds is 6. The Bertz CT molecular complexity index is 1080. The first kappa shape index (κ1) is 18.6. The van der Waals surface area contributed by atoms with Crippen molar-refractivity contribution in [2.75, 3.05) is 20.8 Å². The molecule has 0 saturated carbocycles. The number of amides is 1. The number of carbonyl (C=O) groups excluding carboxylic acids is 1. The molecule has 0 aliphatic rings. The Morgan fingerprint density at radius 2 is 1.85 bits per heavy atom. The second kappa shape index (κ2) is 7.59. The molecule has 0 saturated heterocycles. The number of carbonyl (C=O) groups is 1. The SMILES string of the molecule is COc1ccc(-c2oc3ccc(Cl)cc3c(=O)c2OCC(N)=O)cc1OC. The van der Waals surface area contributed by atoms with Gasteiger partial charge in [-0.15, -0.1) is 0 Å². The fourth-order valence-electron chi connectivity index (χ4n) is 2.59. The van der Waals surface area contributed by atoms with Crippen molar-refractivity contribution < 1.29 is 23.4 Å². The van der Waals surface area contributed by atoms with Crippen LogP contribution in [0.3, 0.4) is 0 Å². The first-order valence-corrected chi connectivity index (χ1v) is 8.22. The lowest BCUT2D eigenvalue weighted by molar-refractivity contribution is -0.119. The van der Waals surface area contributed by atoms with Crippen molar-refractivity contribution in [3.63, 3.8) is 0 Å². The number of hydrogen-bond acceptors (Lipinski definition) is 6. The standard InChI is InChI=1S/C19H16ClNO6/c1-24-14-5-3-10(7-15(14)25-2)18-19(26-9-16(21)22)17(23)12-8-11(20)4-6-13(12)27-18/h3-8H,9H2,1-2H3,(H2,21,22). The lowest BCUT2D eigenvalue weighted by Crippen LogP contribution is -2.22. The summed E-state index contributed by atoms with van der Waals surface area (Å²) in [7, 11) is 3.00. The lowest BCUT2D eigenvalue weighted by Gasteiger charge is -2.13. The highest BCUT2D eigenvalue weighted by atomic mass is 35.5. The Labute approximate surface area is 159 Å². The minimum absolute atomic E-state index is 0.136. The predicted octanol–water partition coefficient (Wildman–Crippen LogP) is 2.99. The highest BCUT2D eigenvalue weighted by Crippen LogP contribution is 2.37. The Morgan fingerprint density at radius 1 is 1.11 bits per heavy atom. The molecule has 27 heavy (non-hydrogen) atoms. The Balaban J connectivity index is 2.27. The van der Waals surface area contributed by atoms with Gasteiger partial charge in [-0.25, -0.2) is 0 Å². The first-order valence-electron chi connectivity index (χ1n) is 7.84. The van der Waals surface area contributed by atoms with Crippen molar-refractivity contribution in [3.8, 4) is 28.6 Å². The molecule has 3 rings (SSSR count). The first-order chi connectivity index (χ1) is 12.9. The summed E-state index contributed by atoms with van der Waals surface area (Å²) in [4.78, 5) is 24.1. The van der Waals surface area contributed by atoms with E-state index in [-0.39, 0.29) is 16.9 Å². The Hall–Kier alpha value is -3.19. The number of methoxy groups -OCH3 is 2. The second-order valence-electron chi connectivity index (χ2n) is 5.55. The predicted molar refractivity (Wildman–Crippen MR) is 101 cm³/mol. The molecule has 0 fully saturated rings. The van der Waals surface area contributed by atoms with Gasteiger partial charge in [0, 0.05) is 10.6 Å². The number of nitrogens with two attached hydrogens (primary N) is 1. The van der Waals surface area contributed by atoms with Crippen molar-refractivity contribution >= 4 is 28.5 Å². The van der Waals surface area contributed by atoms with Crippen LogP contribution >= 0.6 is 11.6 Å². The van der Waals surface area contributed by atoms with Gasteiger partial charge >= 0.3 is 0 Å². The summed E-state index contributed by atoms with van der Waals surface area (Å²) < 4.78 is 21.8. The fraction of sp³-hybridized carbons (Fsp3) is 0.158. The van der Waals surface area contributed by atoms with Crippen molar-refractivity contribution in [1.82, 2.24) is 0 Å². The van der Waals surface area contributed by atoms with Gasteiger partial charge in [-0.2, -0.15) is 0 Å². The summed E-state index contributed by atoms with van der Waals surface area (Å²) >= 11 is 5.97. The normalized spacial score (nSPS) is 10.6. The maximum Gasteiger partial charge on any atom is 0.255 e. The summed E-state index contributed by atoms with van der Waals surface area (Å²) in [6.45, 7) is -0.475. The number of fused-ring (bicyclic) bond motifs is 1. The van der Waals surface area contributed by atoms with E-state index in [2.05, 4.69) is 0 Å². The third kappa shape index (κ3) is 3.68. The molecular formula is C19H16ClNO6. The average Bonchev–Trinajstić information content (AvgIpc) is 2.66. The molecule has 1 heterocycles. The van der Waals surface area contributed by atoms with Gasteiger partial charge in [0.1, 0.15) is 5.58 Å². The topological polar surface area (TPSA) is 101 Å². The van der Waals surface area contributed by atoms with Crippen LogP contribution < -0.4 is 25.4 Å². The molecule has 0 radical (unpaired) electrons. The van der Waals surface area contributed by atoms with Gasteiger partial charge in [0.25, 0.3) is 5.91 Å². The van der Waals surface area contributed by atoms with Crippen molar-refractivity contribution in [1.29, 1.82) is 0 Å². The highest BCUT2D eigenvalue weighted by Gasteiger charge is 2.20. The molecule has 1 aromatic heterocycles. The zero-order valence-electron chi connectivity index (χ0n) is 14.6. The van der Waals surface area contributed by atoms with E-state index in [0.29, 0.717) is 27.7 Å². The number of ether oxygens (including phenoxy) is 3. The van der Waals surface area contributed by atoms with Crippen molar-refractivity contribution in [3.05, 3.63) is 51.6 Å². The van der Waals surface area contributed by atoms with Crippen LogP contribution in [0, 0.1) is 0 Å². The van der Waals surface area contributed by atoms with Gasteiger partial charge < -0.3 is 24.4 Å². The monoisotopic (exact) mass is 389 g/mol. The minimum Gasteiger partial charge on any atom is -0.493 e. The summed E-state index contributed by atoms with van der Waals surface area (Å²) in [5.74, 6) is 0.220. The molecule has 0 bridgehead atoms. The smallest absolute Gasteiger partial charge is 0.255 e. The molecule has 0 aliphatic carbocycles. The maximum atomic E-state index is 12.9. The summed E-state index contributed by atoms with van der Waals surface area (Å²) in [6, 6.07) is 9.64. The van der Waals surface area contributed by atoms with E-state index in [1.54, 1.807) is 30.3 Å². The van der Waals surface area contributed by atoms with Gasteiger partial charge in [-0.1, -0.05) is 11.6 Å². The van der Waals surface area contributed by atoms with Crippen LogP contribution in [0.1, 0.15) is 0 Å². The van der Waals surface area contributed by atoms with Crippen LogP contribution in [0.5, 0.6) is 17.2 Å². The van der Waals surface area contributed by atoms with Gasteiger partial charge in [0.15, 0.2) is 23.9 Å². The lowest BCUT2D eigenvalue weighted by atomic mass is 10.1. The summed E-state index contributed by atoms with van der Waals surface area (Å²) in [5, 5.41) is 0.598. The zero-order chi connectivity index (χ0) is 19.6. The van der Waals surface area contributed by atoms with E-state index in [0.717, 1.165) is 0 Å². The summed E-state index contributed by atoms with van der Waals surface area (Å²) in [6.07, 6.45) is 0. The number of primary amides is 1. The van der Waals surface area contributed by atoms with Crippen molar-refractivity contribution in [2.24, 2.45) is 5.73 Å². The maximum absolute atomic E-state index is 12.9. The van der Waals surface area contributed by atoms with Crippen molar-refractivity contribution in [2.45, 2.75) is 0 Å². The third-order valence-corrected chi connectivity index (χ3v) is 4.05. The molecule has 0 unspecified atom stereocenters. The largest absolute Gasteiger partial charge is 0.493 e. The quantitative estimate of drug-likeness (QED) is 0.695. The molecule has 1 amide bonds. The molecule has 2 N–H and O–H groups in total. The van der Waals surface area contributed by atoms with Gasteiger partial charge in [0.05, 0.1) is 19.6 Å². The van der Waals surface area contributed by atoms with E-state index < -0.39 is 17.9 Å². The third-order valence-electron chi connectivity index (χ3n) is 3.82. The Morgan fingerprint density at radius 3 is 2.52 bits per heavy atom. The molecule has 0 aliphatic heterocycles. The van der Waals surface area contributed by atoms with Crippen LogP contribution in [-0.4, -0.2) is 26.7 Å². The van der Waals surface area contributed by atoms with Gasteiger partial charge in [-0.05, 0) is 36.4 Å². The molecule has 7 nitrogen and oxygen atoms in total. The molecule has 3 aromatic rings. The molecular weight excluding hydrogens is 374 g/mol. The van der Waals surface area contributed by atoms with E-state index in [9.17, 15) is 9.59 Å². The minimum atomic E-state index is -0.723. The Kier molecular flexibility index (Phi) is 5.23. The number of hydrogen-bond donors (Lipinski definition) is 1. The van der Waals surface area contributed by atoms with Crippen LogP contribution in [0.2, 0.25) is 5.02 Å².